The highest BCUT2D eigenvalue weighted by Crippen LogP contribution is 2.60. The van der Waals surface area contributed by atoms with Crippen molar-refractivity contribution in [2.75, 3.05) is 18.9 Å². The lowest BCUT2D eigenvalue weighted by molar-refractivity contribution is -0.0574. The van der Waals surface area contributed by atoms with E-state index in [4.69, 9.17) is 68.1 Å². The number of nitrogens with zero attached hydrogens (tertiary/aromatic N) is 6. The highest BCUT2D eigenvalue weighted by molar-refractivity contribution is 8.44. The molecule has 248 valence electrons. The van der Waals surface area contributed by atoms with Crippen LogP contribution in [0, 0.1) is 0 Å². The molecule has 0 radical (unpaired) electrons. The first-order valence-electron chi connectivity index (χ1n) is 13.2. The van der Waals surface area contributed by atoms with Crippen molar-refractivity contribution in [2.24, 2.45) is 0 Å². The number of anilines is 1. The molecule has 3 aliphatic rings. The zero-order valence-electron chi connectivity index (χ0n) is 22.7. The molecule has 24 heteroatoms. The van der Waals surface area contributed by atoms with Crippen LogP contribution >= 0.6 is 72.9 Å². The average Bonchev–Trinajstić information content (AvgIpc) is 3.71. The number of ether oxygens (including phenoxy) is 2. The van der Waals surface area contributed by atoms with Gasteiger partial charge in [0, 0.05) is 0 Å². The third-order valence-electron chi connectivity index (χ3n) is 7.54. The summed E-state index contributed by atoms with van der Waals surface area (Å²) in [6.45, 7) is -9.81. The van der Waals surface area contributed by atoms with E-state index in [9.17, 15) is 19.3 Å². The Bertz CT molecular complexity index is 1940. The molecule has 1 aromatic carbocycles. The molecule has 4 N–H and O–H groups in total. The largest absolute Gasteiger partial charge is 0.387 e. The van der Waals surface area contributed by atoms with Crippen LogP contribution in [0.4, 0.5) is 5.82 Å². The molecule has 4 aromatic rings. The second-order valence-corrected chi connectivity index (χ2v) is 17.3. The topological polar surface area (TPSA) is 217 Å². The summed E-state index contributed by atoms with van der Waals surface area (Å²) in [5.41, 5.74) is 7.05. The molecule has 17 nitrogen and oxygen atoms in total. The van der Waals surface area contributed by atoms with Crippen molar-refractivity contribution in [3.63, 3.8) is 0 Å². The van der Waals surface area contributed by atoms with Crippen molar-refractivity contribution in [3.05, 3.63) is 40.1 Å². The van der Waals surface area contributed by atoms with Crippen LogP contribution in [-0.2, 0) is 36.7 Å². The highest BCUT2D eigenvalue weighted by atomic mass is 35.5. The number of fused-ring (bicyclic) bond motifs is 5. The Morgan fingerprint density at radius 2 is 1.54 bits per heavy atom. The fourth-order valence-corrected chi connectivity index (χ4v) is 9.00. The predicted octanol–water partition coefficient (Wildman–Crippen LogP) is 3.83. The maximum Gasteiger partial charge on any atom is 0.386 e. The summed E-state index contributed by atoms with van der Waals surface area (Å²) in [6.07, 6.45) is -8.46. The lowest BCUT2D eigenvalue weighted by atomic mass is 10.1. The number of aliphatic hydroxyl groups excluding tert-OH is 2. The molecule has 0 saturated carbocycles. The van der Waals surface area contributed by atoms with Gasteiger partial charge in [0.2, 0.25) is 5.28 Å². The van der Waals surface area contributed by atoms with Crippen LogP contribution in [0.2, 0.25) is 15.3 Å². The van der Waals surface area contributed by atoms with E-state index >= 15 is 0 Å². The van der Waals surface area contributed by atoms with Crippen molar-refractivity contribution in [1.29, 1.82) is 0 Å². The predicted molar refractivity (Wildman–Crippen MR) is 169 cm³/mol. The van der Waals surface area contributed by atoms with Gasteiger partial charge >= 0.3 is 13.6 Å². The number of nitrogens with two attached hydrogens (primary N) is 1. The summed E-state index contributed by atoms with van der Waals surface area (Å²) in [5.74, 6) is 0.0848. The van der Waals surface area contributed by atoms with E-state index < -0.39 is 75.9 Å². The summed E-state index contributed by atoms with van der Waals surface area (Å²) in [7, 11) is 0. The molecule has 0 spiro atoms. The van der Waals surface area contributed by atoms with E-state index in [1.54, 1.807) is 0 Å². The van der Waals surface area contributed by atoms with Gasteiger partial charge in [-0.25, -0.2) is 29.1 Å². The number of aliphatic hydroxyl groups is 2. The third kappa shape index (κ3) is 5.97. The van der Waals surface area contributed by atoms with Crippen molar-refractivity contribution >= 4 is 101 Å². The molecular weight excluding hydrogens is 755 g/mol. The summed E-state index contributed by atoms with van der Waals surface area (Å²) in [4.78, 5) is 16.5. The van der Waals surface area contributed by atoms with Gasteiger partial charge in [-0.3, -0.25) is 27.2 Å². The fraction of sp³-hybridized carbons (Fsp3) is 0.455. The van der Waals surface area contributed by atoms with Crippen LogP contribution in [0.5, 0.6) is 0 Å². The quantitative estimate of drug-likeness (QED) is 0.144. The molecule has 3 aliphatic heterocycles. The molecule has 3 saturated heterocycles. The number of hydrogen-bond donors (Lipinski definition) is 5. The third-order valence-corrected chi connectivity index (χ3v) is 11.8. The zero-order chi connectivity index (χ0) is 32.7. The van der Waals surface area contributed by atoms with Crippen LogP contribution < -0.4 is 5.73 Å². The van der Waals surface area contributed by atoms with Gasteiger partial charge in [0.15, 0.2) is 23.9 Å². The number of imidazole rings is 2. The van der Waals surface area contributed by atoms with E-state index in [0.717, 1.165) is 0 Å². The highest BCUT2D eigenvalue weighted by Gasteiger charge is 2.53. The maximum atomic E-state index is 13.6. The minimum absolute atomic E-state index is 0.0848. The van der Waals surface area contributed by atoms with Crippen molar-refractivity contribution in [2.45, 2.75) is 49.1 Å². The molecule has 6 unspecified atom stereocenters. The minimum atomic E-state index is -4.35. The second kappa shape index (κ2) is 12.3. The Hall–Kier alpha value is -1.25. The first-order valence-corrected chi connectivity index (χ1v) is 19.7. The van der Waals surface area contributed by atoms with Crippen molar-refractivity contribution in [1.82, 2.24) is 29.1 Å². The van der Waals surface area contributed by atoms with E-state index in [1.807, 2.05) is 0 Å². The van der Waals surface area contributed by atoms with Crippen LogP contribution in [0.25, 0.3) is 22.2 Å². The number of aromatic nitrogens is 6. The minimum Gasteiger partial charge on any atom is -0.387 e. The van der Waals surface area contributed by atoms with E-state index in [0.29, 0.717) is 11.0 Å². The number of nitrogen functional groups attached to an aromatic ring is 1. The van der Waals surface area contributed by atoms with Crippen LogP contribution in [0.15, 0.2) is 24.8 Å². The Labute approximate surface area is 283 Å². The molecule has 3 fully saturated rings. The maximum absolute atomic E-state index is 13.6. The number of benzene rings is 1. The van der Waals surface area contributed by atoms with Crippen LogP contribution in [0.3, 0.4) is 0 Å². The number of rotatable bonds is 2. The van der Waals surface area contributed by atoms with Crippen molar-refractivity contribution < 1.29 is 46.9 Å². The molecule has 10 atom stereocenters. The van der Waals surface area contributed by atoms with Gasteiger partial charge < -0.3 is 25.4 Å². The lowest BCUT2D eigenvalue weighted by Crippen LogP contribution is -2.36. The monoisotopic (exact) mass is 775 g/mol. The average molecular weight is 777 g/mol. The van der Waals surface area contributed by atoms with Crippen LogP contribution in [-0.4, -0.2) is 89.1 Å². The molecule has 3 aromatic heterocycles. The number of thiol groups is 2. The molecule has 6 heterocycles. The van der Waals surface area contributed by atoms with Gasteiger partial charge in [0.25, 0.3) is 0 Å². The number of hydrogen-bond acceptors (Lipinski definition) is 15. The normalized spacial score (nSPS) is 37.2. The molecule has 2 bridgehead atoms. The lowest BCUT2D eigenvalue weighted by Gasteiger charge is -2.26. The molecule has 46 heavy (non-hydrogen) atoms. The SMILES string of the molecule is Nc1ncnc2c1ncn2[C@@H]1O[C@@H]2COP(=O)(S)OC3C(O)[C@H](n4c(Cl)nc5cc(Cl)c(Cl)cc54)O[C@@H]3COP(=O)(S)OC1C2O. The van der Waals surface area contributed by atoms with Gasteiger partial charge in [-0.15, -0.1) is 0 Å². The summed E-state index contributed by atoms with van der Waals surface area (Å²) < 4.78 is 64.3. The summed E-state index contributed by atoms with van der Waals surface area (Å²) in [6, 6.07) is 2.95. The first-order chi connectivity index (χ1) is 21.7. The Morgan fingerprint density at radius 3 is 2.28 bits per heavy atom. The zero-order valence-corrected chi connectivity index (χ0v) is 28.5. The van der Waals surface area contributed by atoms with E-state index in [2.05, 4.69) is 44.4 Å². The Kier molecular flexibility index (Phi) is 8.87. The van der Waals surface area contributed by atoms with Gasteiger partial charge in [0.05, 0.1) is 40.6 Å². The molecule has 0 amide bonds. The second-order valence-electron chi connectivity index (χ2n) is 10.4. The van der Waals surface area contributed by atoms with Gasteiger partial charge in [-0.05, 0) is 23.7 Å². The van der Waals surface area contributed by atoms with Gasteiger partial charge in [0.1, 0.15) is 48.5 Å². The molecule has 7 rings (SSSR count). The summed E-state index contributed by atoms with van der Waals surface area (Å²) >= 11 is 27.0. The Morgan fingerprint density at radius 1 is 0.891 bits per heavy atom. The summed E-state index contributed by atoms with van der Waals surface area (Å²) in [5, 5.41) is 22.8. The van der Waals surface area contributed by atoms with E-state index in [-0.39, 0.29) is 32.3 Å². The smallest absolute Gasteiger partial charge is 0.386 e. The van der Waals surface area contributed by atoms with Crippen LogP contribution in [0.1, 0.15) is 12.5 Å². The van der Waals surface area contributed by atoms with Gasteiger partial charge in [-0.2, -0.15) is 0 Å². The Balaban J connectivity index is 1.21. The van der Waals surface area contributed by atoms with Crippen molar-refractivity contribution in [3.8, 4) is 0 Å². The number of halogens is 3. The first kappa shape index (κ1) is 33.3. The fourth-order valence-electron chi connectivity index (χ4n) is 5.45. The molecule has 0 aliphatic carbocycles. The molecular formula is C22H22Cl3N7O10P2S2. The van der Waals surface area contributed by atoms with Gasteiger partial charge in [-0.1, -0.05) is 47.7 Å². The standard InChI is InChI=1S/C22H22Cl3N7O10P2S2/c23-7-1-9-10(2-8(7)24)32(22(25)30-9)20-15(34)16-12(40-20)4-38-44(36,46)42-17-14(33)11(3-37-43(35,45)41-16)39-21(17)31-6-29-13-18(26)27-5-28-19(13)31/h1-2,5-6,11-12,14-17,20-21,33-34H,3-4H2,(H,35,45)(H,36,46)(H2,26,27,28)/t11-,12-,14?,15?,16?,17?,20-,21-,43?,44?/m1/s1. The van der Waals surface area contributed by atoms with E-state index in [1.165, 1.54) is 33.9 Å².